The fourth-order valence-corrected chi connectivity index (χ4v) is 11.7. The average molecular weight is 1010 g/mol. The Kier molecular flexibility index (Phi) is 25.5. The summed E-state index contributed by atoms with van der Waals surface area (Å²) in [5, 5.41) is 18.8. The second-order valence-corrected chi connectivity index (χ2v) is 20.3. The maximum Gasteiger partial charge on any atom is 0.315 e. The van der Waals surface area contributed by atoms with Crippen LogP contribution in [0.4, 0.5) is 4.79 Å². The first-order valence-corrected chi connectivity index (χ1v) is 26.8. The van der Waals surface area contributed by atoms with Crippen LogP contribution in [0, 0.1) is 11.3 Å². The van der Waals surface area contributed by atoms with Gasteiger partial charge in [-0.15, -0.1) is 0 Å². The van der Waals surface area contributed by atoms with Crippen molar-refractivity contribution in [1.29, 1.82) is 5.26 Å². The summed E-state index contributed by atoms with van der Waals surface area (Å²) in [4.78, 5) is 23.9. The first-order chi connectivity index (χ1) is 34.1. The highest BCUT2D eigenvalue weighted by molar-refractivity contribution is 8.00. The molecule has 0 aliphatic carbocycles. The summed E-state index contributed by atoms with van der Waals surface area (Å²) in [6.45, 7) is 12.4. The molecule has 0 bridgehead atoms. The normalized spacial score (nSPS) is 17.5. The molecule has 5 atom stereocenters. The molecule has 2 fully saturated rings. The van der Waals surface area contributed by atoms with Crippen LogP contribution in [0.3, 0.4) is 0 Å². The van der Waals surface area contributed by atoms with Gasteiger partial charge in [-0.2, -0.15) is 17.0 Å². The van der Waals surface area contributed by atoms with Gasteiger partial charge >= 0.3 is 6.03 Å². The third-order valence-corrected chi connectivity index (χ3v) is 15.5. The molecular formula is C52H76N5O11PS. The molecule has 70 heavy (non-hydrogen) atoms. The third kappa shape index (κ3) is 17.9. The summed E-state index contributed by atoms with van der Waals surface area (Å²) in [5.41, 5.74) is 1.62. The molecular weight excluding hydrogens is 934 g/mol. The predicted molar refractivity (Wildman–Crippen MR) is 273 cm³/mol. The number of unbranched alkanes of at least 4 members (excludes halogenated alkanes) is 1. The minimum absolute atomic E-state index is 0.0620. The second kappa shape index (κ2) is 31.4. The van der Waals surface area contributed by atoms with Gasteiger partial charge < -0.3 is 58.2 Å². The molecule has 18 heteroatoms. The molecule has 5 rings (SSSR count). The number of carbonyl (C=O) groups is 2. The molecule has 16 nitrogen and oxygen atoms in total. The quantitative estimate of drug-likeness (QED) is 0.0221. The Bertz CT molecular complexity index is 1930. The monoisotopic (exact) mass is 1010 g/mol. The molecule has 0 aromatic heterocycles. The van der Waals surface area contributed by atoms with Crippen LogP contribution in [-0.2, 0) is 43.1 Å². The fraction of sp³-hybridized carbons (Fsp3) is 0.596. The van der Waals surface area contributed by atoms with Crippen LogP contribution < -0.4 is 25.4 Å². The second-order valence-electron chi connectivity index (χ2n) is 17.6. The predicted octanol–water partition coefficient (Wildman–Crippen LogP) is 7.97. The average Bonchev–Trinajstić information content (AvgIpc) is 3.93. The summed E-state index contributed by atoms with van der Waals surface area (Å²) in [6, 6.07) is 28.7. The van der Waals surface area contributed by atoms with Gasteiger partial charge in [0.25, 0.3) is 8.53 Å². The summed E-state index contributed by atoms with van der Waals surface area (Å²) < 4.78 is 57.3. The number of carbonyl (C=O) groups excluding carboxylic acids is 2. The smallest absolute Gasteiger partial charge is 0.315 e. The standard InChI is InChI=1S/C52H76N5O11PS/c1-39(2)57(40(3)4)69(67-29-12-26-53)68-46(37-66-52(41-14-8-7-9-15-41,42-18-22-44(60-5)23-19-42)43-20-24-45(61-6)25-21-43)36-65-35-34-64-33-32-63-31-30-62-28-13-27-54-49(58)17-11-10-16-48-50-47(38-70-48)55-51(59)56-50/h7-9,14-15,18-25,39-40,46-48,50H,10-13,16-17,27-38H2,1-6H3,(H,54,58)(H2,55,56,59). The zero-order valence-electron chi connectivity index (χ0n) is 41.9. The third-order valence-electron chi connectivity index (χ3n) is 11.8. The number of hydrogen-bond donors (Lipinski definition) is 3. The van der Waals surface area contributed by atoms with Gasteiger partial charge in [0, 0.05) is 42.7 Å². The van der Waals surface area contributed by atoms with E-state index in [0.717, 1.165) is 59.6 Å². The number of thioether (sulfide) groups is 1. The molecule has 0 radical (unpaired) electrons. The zero-order valence-corrected chi connectivity index (χ0v) is 43.6. The number of urea groups is 1. The number of nitrogens with zero attached hydrogens (tertiary/aromatic N) is 2. The molecule has 5 unspecified atom stereocenters. The number of nitrogens with one attached hydrogen (secondary N) is 3. The van der Waals surface area contributed by atoms with E-state index in [1.54, 1.807) is 14.2 Å². The number of nitriles is 1. The lowest BCUT2D eigenvalue weighted by atomic mass is 9.80. The van der Waals surface area contributed by atoms with Crippen molar-refractivity contribution < 1.29 is 51.8 Å². The number of ether oxygens (including phenoxy) is 7. The Balaban J connectivity index is 1.07. The Labute approximate surface area is 421 Å². The van der Waals surface area contributed by atoms with E-state index in [2.05, 4.69) is 66.5 Å². The van der Waals surface area contributed by atoms with Gasteiger partial charge in [0.1, 0.15) is 23.2 Å². The van der Waals surface area contributed by atoms with Crippen molar-refractivity contribution in [3.8, 4) is 17.6 Å². The van der Waals surface area contributed by atoms with Crippen molar-refractivity contribution in [3.05, 3.63) is 95.6 Å². The molecule has 2 heterocycles. The van der Waals surface area contributed by atoms with Crippen LogP contribution in [0.1, 0.15) is 82.9 Å². The van der Waals surface area contributed by atoms with Gasteiger partial charge in [-0.1, -0.05) is 61.0 Å². The van der Waals surface area contributed by atoms with Gasteiger partial charge in [0.05, 0.1) is 98.3 Å². The van der Waals surface area contributed by atoms with Crippen molar-refractivity contribution in [2.75, 3.05) is 92.6 Å². The van der Waals surface area contributed by atoms with Crippen molar-refractivity contribution in [3.63, 3.8) is 0 Å². The maximum absolute atomic E-state index is 12.3. The summed E-state index contributed by atoms with van der Waals surface area (Å²) in [5.74, 6) is 2.46. The van der Waals surface area contributed by atoms with E-state index in [0.29, 0.717) is 64.5 Å². The molecule has 0 saturated carbocycles. The van der Waals surface area contributed by atoms with Crippen LogP contribution in [0.2, 0.25) is 0 Å². The number of fused-ring (bicyclic) bond motifs is 1. The van der Waals surface area contributed by atoms with E-state index in [9.17, 15) is 14.9 Å². The number of benzene rings is 3. The lowest BCUT2D eigenvalue weighted by molar-refractivity contribution is -0.121. The Hall–Kier alpha value is -4.05. The number of hydrogen-bond acceptors (Lipinski definition) is 14. The van der Waals surface area contributed by atoms with E-state index in [4.69, 9.17) is 42.2 Å². The van der Waals surface area contributed by atoms with Crippen molar-refractivity contribution in [2.45, 2.75) is 107 Å². The first-order valence-electron chi connectivity index (χ1n) is 24.6. The number of methoxy groups -OCH3 is 2. The molecule has 2 saturated heterocycles. The van der Waals surface area contributed by atoms with Gasteiger partial charge in [-0.05, 0) is 87.9 Å². The van der Waals surface area contributed by atoms with E-state index >= 15 is 0 Å². The lowest BCUT2D eigenvalue weighted by Gasteiger charge is -2.39. The Morgan fingerprint density at radius 1 is 0.771 bits per heavy atom. The van der Waals surface area contributed by atoms with E-state index in [1.807, 2.05) is 78.5 Å². The van der Waals surface area contributed by atoms with Gasteiger partial charge in [-0.25, -0.2) is 9.46 Å². The summed E-state index contributed by atoms with van der Waals surface area (Å²) in [6.07, 6.45) is 3.69. The molecule has 2 aliphatic heterocycles. The zero-order chi connectivity index (χ0) is 50.0. The molecule has 3 amide bonds. The van der Waals surface area contributed by atoms with Crippen LogP contribution >= 0.6 is 20.3 Å². The van der Waals surface area contributed by atoms with Crippen LogP contribution in [0.15, 0.2) is 78.9 Å². The number of rotatable bonds is 36. The van der Waals surface area contributed by atoms with Crippen LogP contribution in [-0.4, -0.2) is 145 Å². The molecule has 0 spiro atoms. The summed E-state index contributed by atoms with van der Waals surface area (Å²) >= 11 is 1.90. The van der Waals surface area contributed by atoms with Gasteiger partial charge in [0.2, 0.25) is 5.91 Å². The van der Waals surface area contributed by atoms with E-state index in [1.165, 1.54) is 0 Å². The molecule has 386 valence electrons. The van der Waals surface area contributed by atoms with Crippen LogP contribution in [0.5, 0.6) is 11.5 Å². The number of amides is 3. The molecule has 2 aliphatic rings. The highest BCUT2D eigenvalue weighted by Gasteiger charge is 2.43. The lowest BCUT2D eigenvalue weighted by Crippen LogP contribution is -2.39. The van der Waals surface area contributed by atoms with Crippen molar-refractivity contribution in [1.82, 2.24) is 20.6 Å². The highest BCUT2D eigenvalue weighted by Crippen LogP contribution is 2.48. The van der Waals surface area contributed by atoms with Crippen molar-refractivity contribution in [2.24, 2.45) is 0 Å². The SMILES string of the molecule is COc1ccc(C(OCC(COCCOCCOCCOCCCNC(=O)CCCCC2SCC3NC(=O)NC32)OP(OCCC#N)N(C(C)C)C(C)C)(c2ccccc2)c2ccc(OC)cc2)cc1. The van der Waals surface area contributed by atoms with E-state index in [-0.39, 0.29) is 62.3 Å². The maximum atomic E-state index is 12.3. The molecule has 3 N–H and O–H groups in total. The van der Waals surface area contributed by atoms with Crippen LogP contribution in [0.25, 0.3) is 0 Å². The largest absolute Gasteiger partial charge is 0.497 e. The Morgan fingerprint density at radius 2 is 1.36 bits per heavy atom. The Morgan fingerprint density at radius 3 is 1.94 bits per heavy atom. The van der Waals surface area contributed by atoms with Crippen molar-refractivity contribution >= 4 is 32.2 Å². The summed E-state index contributed by atoms with van der Waals surface area (Å²) in [7, 11) is 1.67. The van der Waals surface area contributed by atoms with Gasteiger partial charge in [0.15, 0.2) is 0 Å². The minimum atomic E-state index is -1.63. The van der Waals surface area contributed by atoms with Gasteiger partial charge in [-0.3, -0.25) is 4.79 Å². The molecule has 3 aromatic rings. The topological polar surface area (TPSA) is 180 Å². The highest BCUT2D eigenvalue weighted by atomic mass is 32.2. The fourth-order valence-electron chi connectivity index (χ4n) is 8.46. The first kappa shape index (κ1) is 56.9. The van der Waals surface area contributed by atoms with E-state index < -0.39 is 20.2 Å². The molecule has 3 aromatic carbocycles. The minimum Gasteiger partial charge on any atom is -0.497 e.